The molecule has 1 aromatic carbocycles. The van der Waals surface area contributed by atoms with E-state index in [-0.39, 0.29) is 17.7 Å². The molecule has 0 spiro atoms. The minimum atomic E-state index is -0.129. The highest BCUT2D eigenvalue weighted by Gasteiger charge is 2.30. The number of halogens is 1. The number of hydrogen-bond acceptors (Lipinski definition) is 4. The first kappa shape index (κ1) is 18.8. The largest absolute Gasteiger partial charge is 0.493 e. The van der Waals surface area contributed by atoms with Gasteiger partial charge in [0, 0.05) is 30.8 Å². The topological polar surface area (TPSA) is 59.1 Å². The van der Waals surface area contributed by atoms with E-state index in [4.69, 9.17) is 9.47 Å². The second-order valence-electron chi connectivity index (χ2n) is 6.01. The minimum Gasteiger partial charge on any atom is -0.493 e. The highest BCUT2D eigenvalue weighted by atomic mass is 127. The molecule has 1 heterocycles. The summed E-state index contributed by atoms with van der Waals surface area (Å²) in [7, 11) is 6.62. The number of methoxy groups -OCH3 is 2. The molecule has 0 radical (unpaired) electrons. The van der Waals surface area contributed by atoms with Crippen LogP contribution < -0.4 is 9.47 Å². The molecule has 1 atom stereocenters. The van der Waals surface area contributed by atoms with Crippen LogP contribution in [0.1, 0.15) is 23.2 Å². The van der Waals surface area contributed by atoms with Crippen LogP contribution in [0.4, 0.5) is 0 Å². The maximum atomic E-state index is 12.9. The van der Waals surface area contributed by atoms with Gasteiger partial charge in [0.15, 0.2) is 11.5 Å². The van der Waals surface area contributed by atoms with Crippen LogP contribution in [0, 0.1) is 9.49 Å². The molecule has 7 heteroatoms. The van der Waals surface area contributed by atoms with Crippen LogP contribution in [-0.2, 0) is 4.79 Å². The summed E-state index contributed by atoms with van der Waals surface area (Å²) in [6.45, 7) is 1.13. The summed E-state index contributed by atoms with van der Waals surface area (Å²) in [5, 5.41) is 0. The van der Waals surface area contributed by atoms with Gasteiger partial charge in [-0.3, -0.25) is 9.59 Å². The molecule has 1 aliphatic heterocycles. The summed E-state index contributed by atoms with van der Waals surface area (Å²) in [4.78, 5) is 28.5. The van der Waals surface area contributed by atoms with Gasteiger partial charge in [0.05, 0.1) is 25.7 Å². The number of carbonyl (C=O) groups excluding carboxylic acids is 2. The normalized spacial score (nSPS) is 17.4. The number of hydrogen-bond donors (Lipinski definition) is 0. The van der Waals surface area contributed by atoms with E-state index in [0.29, 0.717) is 30.2 Å². The Morgan fingerprint density at radius 1 is 1.21 bits per heavy atom. The zero-order chi connectivity index (χ0) is 17.9. The van der Waals surface area contributed by atoms with E-state index in [1.54, 1.807) is 50.2 Å². The van der Waals surface area contributed by atoms with Gasteiger partial charge in [0.1, 0.15) is 0 Å². The van der Waals surface area contributed by atoms with Crippen molar-refractivity contribution < 1.29 is 19.1 Å². The number of nitrogens with zero attached hydrogens (tertiary/aromatic N) is 2. The lowest BCUT2D eigenvalue weighted by Crippen LogP contribution is -2.45. The van der Waals surface area contributed by atoms with E-state index < -0.39 is 0 Å². The molecule has 24 heavy (non-hydrogen) atoms. The predicted molar refractivity (Wildman–Crippen MR) is 99.6 cm³/mol. The van der Waals surface area contributed by atoms with Crippen molar-refractivity contribution in [3.05, 3.63) is 21.3 Å². The average molecular weight is 446 g/mol. The Hall–Kier alpha value is -1.51. The standard InChI is InChI=1S/C17H23IN2O4/c1-19(2)16(21)11-6-5-7-20(10-11)17(22)12-8-14(23-3)15(24-4)9-13(12)18/h8-9,11H,5-7,10H2,1-4H3. The van der Waals surface area contributed by atoms with Gasteiger partial charge in [-0.1, -0.05) is 0 Å². The van der Waals surface area contributed by atoms with Crippen molar-refractivity contribution in [2.45, 2.75) is 12.8 Å². The summed E-state index contributed by atoms with van der Waals surface area (Å²) in [6.07, 6.45) is 1.66. The van der Waals surface area contributed by atoms with Crippen molar-refractivity contribution in [1.29, 1.82) is 0 Å². The van der Waals surface area contributed by atoms with Gasteiger partial charge in [-0.05, 0) is 47.6 Å². The lowest BCUT2D eigenvalue weighted by molar-refractivity contribution is -0.134. The molecular formula is C17H23IN2O4. The molecule has 6 nitrogen and oxygen atoms in total. The molecular weight excluding hydrogens is 423 g/mol. The second kappa shape index (κ2) is 8.04. The zero-order valence-electron chi connectivity index (χ0n) is 14.5. The number of amides is 2. The maximum Gasteiger partial charge on any atom is 0.255 e. The number of likely N-dealkylation sites (tertiary alicyclic amines) is 1. The van der Waals surface area contributed by atoms with E-state index in [0.717, 1.165) is 16.4 Å². The third-order valence-corrected chi connectivity index (χ3v) is 5.09. The number of rotatable bonds is 4. The number of ether oxygens (including phenoxy) is 2. The first-order chi connectivity index (χ1) is 11.4. The number of carbonyl (C=O) groups is 2. The molecule has 2 rings (SSSR count). The summed E-state index contributed by atoms with van der Waals surface area (Å²) < 4.78 is 11.4. The summed E-state index contributed by atoms with van der Waals surface area (Å²) >= 11 is 2.12. The highest BCUT2D eigenvalue weighted by Crippen LogP contribution is 2.32. The lowest BCUT2D eigenvalue weighted by Gasteiger charge is -2.33. The van der Waals surface area contributed by atoms with Gasteiger partial charge in [0.25, 0.3) is 5.91 Å². The fourth-order valence-electron chi connectivity index (χ4n) is 2.92. The van der Waals surface area contributed by atoms with Gasteiger partial charge in [-0.2, -0.15) is 0 Å². The van der Waals surface area contributed by atoms with Crippen LogP contribution in [-0.4, -0.2) is 63.0 Å². The maximum absolute atomic E-state index is 12.9. The van der Waals surface area contributed by atoms with E-state index in [2.05, 4.69) is 22.6 Å². The summed E-state index contributed by atoms with van der Waals surface area (Å²) in [5.41, 5.74) is 0.575. The third-order valence-electron chi connectivity index (χ3n) is 4.20. The Kier molecular flexibility index (Phi) is 6.31. The first-order valence-electron chi connectivity index (χ1n) is 7.81. The van der Waals surface area contributed by atoms with Gasteiger partial charge < -0.3 is 19.3 Å². The molecule has 132 valence electrons. The summed E-state index contributed by atoms with van der Waals surface area (Å²) in [6, 6.07) is 3.50. The Labute approximate surface area is 156 Å². The van der Waals surface area contributed by atoms with Crippen molar-refractivity contribution in [1.82, 2.24) is 9.80 Å². The first-order valence-corrected chi connectivity index (χ1v) is 8.88. The minimum absolute atomic E-state index is 0.0726. The van der Waals surface area contributed by atoms with Gasteiger partial charge in [-0.25, -0.2) is 0 Å². The van der Waals surface area contributed by atoms with Crippen LogP contribution >= 0.6 is 22.6 Å². The van der Waals surface area contributed by atoms with E-state index >= 15 is 0 Å². The van der Waals surface area contributed by atoms with Gasteiger partial charge >= 0.3 is 0 Å². The quantitative estimate of drug-likeness (QED) is 0.666. The lowest BCUT2D eigenvalue weighted by atomic mass is 9.96. The fraction of sp³-hybridized carbons (Fsp3) is 0.529. The van der Waals surface area contributed by atoms with Crippen molar-refractivity contribution in [2.75, 3.05) is 41.4 Å². The fourth-order valence-corrected chi connectivity index (χ4v) is 3.59. The monoisotopic (exact) mass is 446 g/mol. The van der Waals surface area contributed by atoms with E-state index in [9.17, 15) is 9.59 Å². The molecule has 0 aromatic heterocycles. The molecule has 2 amide bonds. The van der Waals surface area contributed by atoms with Crippen molar-refractivity contribution in [2.24, 2.45) is 5.92 Å². The molecule has 1 unspecified atom stereocenters. The van der Waals surface area contributed by atoms with Gasteiger partial charge in [0.2, 0.25) is 5.91 Å². The molecule has 1 saturated heterocycles. The van der Waals surface area contributed by atoms with Crippen molar-refractivity contribution in [3.63, 3.8) is 0 Å². The Morgan fingerprint density at radius 3 is 2.42 bits per heavy atom. The van der Waals surface area contributed by atoms with E-state index in [1.807, 2.05) is 0 Å². The molecule has 0 aliphatic carbocycles. The third kappa shape index (κ3) is 3.93. The molecule has 0 bridgehead atoms. The zero-order valence-corrected chi connectivity index (χ0v) is 16.6. The molecule has 0 N–H and O–H groups in total. The molecule has 1 aliphatic rings. The average Bonchev–Trinajstić information content (AvgIpc) is 2.60. The Balaban J connectivity index is 2.23. The smallest absolute Gasteiger partial charge is 0.255 e. The molecule has 1 aromatic rings. The highest BCUT2D eigenvalue weighted by molar-refractivity contribution is 14.1. The number of benzene rings is 1. The Bertz CT molecular complexity index is 633. The SMILES string of the molecule is COc1cc(I)c(C(=O)N2CCCC(C(=O)N(C)C)C2)cc1OC. The Morgan fingerprint density at radius 2 is 1.83 bits per heavy atom. The molecule has 0 saturated carbocycles. The van der Waals surface area contributed by atoms with Crippen molar-refractivity contribution >= 4 is 34.4 Å². The summed E-state index contributed by atoms with van der Waals surface area (Å²) in [5.74, 6) is 0.999. The van der Waals surface area contributed by atoms with Crippen LogP contribution in [0.3, 0.4) is 0 Å². The molecule has 1 fully saturated rings. The van der Waals surface area contributed by atoms with Crippen LogP contribution in [0.2, 0.25) is 0 Å². The van der Waals surface area contributed by atoms with Crippen molar-refractivity contribution in [3.8, 4) is 11.5 Å². The predicted octanol–water partition coefficient (Wildman–Crippen LogP) is 2.25. The van der Waals surface area contributed by atoms with E-state index in [1.165, 1.54) is 0 Å². The number of piperidine rings is 1. The van der Waals surface area contributed by atoms with Crippen LogP contribution in [0.15, 0.2) is 12.1 Å². The van der Waals surface area contributed by atoms with Crippen LogP contribution in [0.25, 0.3) is 0 Å². The second-order valence-corrected chi connectivity index (χ2v) is 7.17. The van der Waals surface area contributed by atoms with Gasteiger partial charge in [-0.15, -0.1) is 0 Å². The van der Waals surface area contributed by atoms with Crippen LogP contribution in [0.5, 0.6) is 11.5 Å².